The molecule has 1 N–H and O–H groups in total. The van der Waals surface area contributed by atoms with Gasteiger partial charge < -0.3 is 26.3 Å². The van der Waals surface area contributed by atoms with Gasteiger partial charge in [0.2, 0.25) is 0 Å². The number of carbonyl (C=O) groups excluding carboxylic acids is 1. The minimum absolute atomic E-state index is 0. The molecule has 0 rings (SSSR count). The number of rotatable bonds is 0. The molecule has 0 saturated heterocycles. The Hall–Kier alpha value is 2.23. The normalized spacial score (nSPS) is 2.75. The Morgan fingerprint density at radius 3 is 1.38 bits per heavy atom. The molecule has 0 bridgehead atoms. The van der Waals surface area contributed by atoms with Crippen LogP contribution in [0.5, 0.6) is 0 Å². The van der Waals surface area contributed by atoms with Crippen molar-refractivity contribution in [2.24, 2.45) is 0 Å². The van der Waals surface area contributed by atoms with E-state index in [1.165, 1.54) is 0 Å². The molecule has 0 aliphatic heterocycles. The molecule has 0 aromatic rings. The maximum atomic E-state index is 8.40. The van der Waals surface area contributed by atoms with E-state index in [1.807, 2.05) is 6.79 Å². The third kappa shape index (κ3) is 86.5. The molecule has 0 unspecified atom stereocenters. The molecule has 0 fully saturated rings. The second-order valence-electron chi connectivity index (χ2n) is 0.0745. The van der Waals surface area contributed by atoms with Crippen molar-refractivity contribution in [3.8, 4) is 0 Å². The summed E-state index contributed by atoms with van der Waals surface area (Å²) in [5.74, 6) is 0. The van der Waals surface area contributed by atoms with Gasteiger partial charge >= 0.3 is 59.1 Å². The van der Waals surface area contributed by atoms with Gasteiger partial charge in [-0.25, -0.2) is 0 Å². The predicted molar refractivity (Wildman–Crippen MR) is 18.1 cm³/mol. The van der Waals surface area contributed by atoms with Crippen LogP contribution in [0.1, 0.15) is 0 Å². The van der Waals surface area contributed by atoms with Crippen molar-refractivity contribution in [3.63, 3.8) is 0 Å². The van der Waals surface area contributed by atoms with Crippen molar-refractivity contribution >= 4 is 19.1 Å². The second-order valence-corrected chi connectivity index (χ2v) is 0.224. The largest absolute Gasteiger partial charge is 1.00 e. The van der Waals surface area contributed by atoms with Gasteiger partial charge in [-0.15, -0.1) is 12.3 Å². The fourth-order valence-corrected chi connectivity index (χ4v) is 0. The van der Waals surface area contributed by atoms with Crippen molar-refractivity contribution < 1.29 is 85.4 Å². The average Bonchev–Trinajstić information content (AvgIpc) is 1.46. The summed E-state index contributed by atoms with van der Waals surface area (Å²) in [6.07, 6.45) is 0. The zero-order chi connectivity index (χ0) is 4.71. The molecule has 8 heavy (non-hydrogen) atoms. The molecule has 0 spiro atoms. The number of carbonyl (C=O) groups is 1. The van der Waals surface area contributed by atoms with Crippen LogP contribution in [0, 0.1) is 0 Å². The summed E-state index contributed by atoms with van der Waals surface area (Å²) in [5, 5.41) is 0. The van der Waals surface area contributed by atoms with E-state index in [1.54, 1.807) is 0 Å². The van der Waals surface area contributed by atoms with E-state index in [2.05, 4.69) is 0 Å². The monoisotopic (exact) mass is 176 g/mol. The van der Waals surface area contributed by atoms with E-state index in [-0.39, 0.29) is 71.5 Å². The van der Waals surface area contributed by atoms with Crippen LogP contribution in [0.4, 0.5) is 0 Å². The Morgan fingerprint density at radius 1 is 1.38 bits per heavy atom. The molecule has 3 nitrogen and oxygen atoms in total. The molecule has 0 radical (unpaired) electrons. The summed E-state index contributed by atoms with van der Waals surface area (Å²) in [4.78, 5) is 8.00. The summed E-state index contributed by atoms with van der Waals surface area (Å²) < 4.78 is 15.3. The van der Waals surface area contributed by atoms with Crippen LogP contribution in [0.15, 0.2) is 0 Å². The maximum absolute atomic E-state index is 8.40. The fourth-order valence-electron chi connectivity index (χ4n) is 0. The topological polar surface area (TPSA) is 60.4 Å². The van der Waals surface area contributed by atoms with Gasteiger partial charge in [0.15, 0.2) is 0 Å². The van der Waals surface area contributed by atoms with Gasteiger partial charge in [0.1, 0.15) is 6.79 Å². The van der Waals surface area contributed by atoms with Gasteiger partial charge in [-0.1, -0.05) is 0 Å². The Bertz CT molecular complexity index is 21.2. The van der Waals surface area contributed by atoms with Crippen LogP contribution in [0.2, 0.25) is 0 Å². The molecule has 0 aliphatic rings. The first kappa shape index (κ1) is 31.9. The Labute approximate surface area is 103 Å². The molecule has 0 aromatic heterocycles. The summed E-state index contributed by atoms with van der Waals surface area (Å²) in [6.45, 7) is 2.00. The quantitative estimate of drug-likeness (QED) is 0.294. The summed E-state index contributed by atoms with van der Waals surface area (Å²) in [6, 6.07) is 0. The molecule has 0 aromatic carbocycles. The van der Waals surface area contributed by atoms with E-state index >= 15 is 0 Å². The molecule has 0 saturated carbocycles. The predicted octanol–water partition coefficient (Wildman–Crippen LogP) is -8.85. The molecule has 7 heteroatoms. The molecular weight excluding hydrogens is 174 g/mol. The van der Waals surface area contributed by atoms with E-state index in [0.29, 0.717) is 0 Å². The van der Waals surface area contributed by atoms with Crippen LogP contribution < -0.4 is 71.5 Å². The third-order valence-electron chi connectivity index (χ3n) is 0. The van der Waals surface area contributed by atoms with Crippen molar-refractivity contribution in [2.45, 2.75) is 0 Å². The molecular formula is CH3ClNa2O3S. The summed E-state index contributed by atoms with van der Waals surface area (Å²) >= 11 is -0.500. The van der Waals surface area contributed by atoms with Gasteiger partial charge in [0.05, 0.1) is 0 Å². The standard InChI is InChI=1S/CH2O.ClH.2Na.H2O2S/c1-2;;;;1-3-2/h1H2;1H;;;1-2H/q;;2*+1;/p-2. The zero-order valence-corrected chi connectivity index (χ0v) is 10.3. The minimum atomic E-state index is -0.500. The molecule has 0 atom stereocenters. The number of hydrogen-bond acceptors (Lipinski definition) is 4. The minimum Gasteiger partial charge on any atom is -1.00 e. The van der Waals surface area contributed by atoms with Crippen LogP contribution in [0.25, 0.3) is 0 Å². The molecule has 40 valence electrons. The Kier molecular flexibility index (Phi) is 239. The van der Waals surface area contributed by atoms with Gasteiger partial charge in [-0.3, -0.25) is 0 Å². The smallest absolute Gasteiger partial charge is 1.00 e. The molecule has 0 aliphatic carbocycles. The second kappa shape index (κ2) is 59.9. The first-order valence-corrected chi connectivity index (χ1v) is 1.34. The zero-order valence-electron chi connectivity index (χ0n) is 4.76. The van der Waals surface area contributed by atoms with Crippen LogP contribution >= 0.6 is 12.3 Å². The third-order valence-corrected chi connectivity index (χ3v) is 0. The van der Waals surface area contributed by atoms with Gasteiger partial charge in [-0.05, 0) is 0 Å². The number of halogens is 1. The van der Waals surface area contributed by atoms with Crippen LogP contribution in [0.3, 0.4) is 0 Å². The number of hydrogen-bond donors (Lipinski definition) is 1. The van der Waals surface area contributed by atoms with Crippen LogP contribution in [-0.2, 0) is 4.79 Å². The first-order valence-electron chi connectivity index (χ1n) is 0.638. The Morgan fingerprint density at radius 2 is 1.38 bits per heavy atom. The maximum Gasteiger partial charge on any atom is 1.00 e. The first-order chi connectivity index (χ1) is 2.41. The van der Waals surface area contributed by atoms with Crippen molar-refractivity contribution in [3.05, 3.63) is 0 Å². The molecule has 0 heterocycles. The molecule has 0 amide bonds. The van der Waals surface area contributed by atoms with E-state index in [9.17, 15) is 0 Å². The van der Waals surface area contributed by atoms with E-state index in [0.717, 1.165) is 0 Å². The van der Waals surface area contributed by atoms with Gasteiger partial charge in [0, 0.05) is 0 Å². The van der Waals surface area contributed by atoms with Crippen molar-refractivity contribution in [1.82, 2.24) is 0 Å². The van der Waals surface area contributed by atoms with Gasteiger partial charge in [0.25, 0.3) is 0 Å². The van der Waals surface area contributed by atoms with Crippen molar-refractivity contribution in [2.75, 3.05) is 0 Å². The fraction of sp³-hybridized carbons (Fsp3) is 0. The van der Waals surface area contributed by atoms with Crippen molar-refractivity contribution in [1.29, 1.82) is 0 Å². The average molecular weight is 177 g/mol. The van der Waals surface area contributed by atoms with E-state index in [4.69, 9.17) is 13.9 Å². The summed E-state index contributed by atoms with van der Waals surface area (Å²) in [7, 11) is 0. The van der Waals surface area contributed by atoms with E-state index < -0.39 is 12.3 Å². The Balaban J connectivity index is -0.00000000567. The van der Waals surface area contributed by atoms with Crippen LogP contribution in [-0.4, -0.2) is 15.9 Å². The van der Waals surface area contributed by atoms with Gasteiger partial charge in [-0.2, -0.15) is 0 Å². The SMILES string of the molecule is C=O.[Cl-].[Na+].[Na+].[O-]SO. The summed E-state index contributed by atoms with van der Waals surface area (Å²) in [5.41, 5.74) is 0.